The number of hydrogen-bond acceptors (Lipinski definition) is 1. The van der Waals surface area contributed by atoms with Gasteiger partial charge in [0.05, 0.1) is 0 Å². The molecule has 1 unspecified atom stereocenters. The van der Waals surface area contributed by atoms with E-state index in [1.807, 2.05) is 0 Å². The number of likely N-dealkylation sites (N-methyl/N-ethyl adjacent to an activating group) is 1. The first-order valence-corrected chi connectivity index (χ1v) is 7.51. The molecule has 0 heterocycles. The zero-order valence-electron chi connectivity index (χ0n) is 12.4. The van der Waals surface area contributed by atoms with Crippen LogP contribution in [-0.4, -0.2) is 25.0 Å². The first-order valence-electron chi connectivity index (χ1n) is 7.51. The van der Waals surface area contributed by atoms with E-state index in [-0.39, 0.29) is 5.41 Å². The van der Waals surface area contributed by atoms with Crippen LogP contribution in [0.15, 0.2) is 48.5 Å². The van der Waals surface area contributed by atoms with Crippen LogP contribution in [0, 0.1) is 0 Å². The van der Waals surface area contributed by atoms with Gasteiger partial charge in [-0.15, -0.1) is 0 Å². The van der Waals surface area contributed by atoms with Crippen LogP contribution in [0.5, 0.6) is 0 Å². The molecule has 2 aromatic rings. The van der Waals surface area contributed by atoms with Gasteiger partial charge in [0.2, 0.25) is 0 Å². The van der Waals surface area contributed by atoms with Crippen molar-refractivity contribution in [3.05, 3.63) is 70.8 Å². The highest BCUT2D eigenvalue weighted by molar-refractivity contribution is 5.63. The first-order chi connectivity index (χ1) is 9.66. The van der Waals surface area contributed by atoms with Crippen molar-refractivity contribution in [2.24, 2.45) is 0 Å². The molecule has 0 radical (unpaired) electrons. The number of hydrogen-bond donors (Lipinski definition) is 0. The van der Waals surface area contributed by atoms with E-state index >= 15 is 0 Å². The second-order valence-corrected chi connectivity index (χ2v) is 6.54. The van der Waals surface area contributed by atoms with Crippen LogP contribution in [0.3, 0.4) is 0 Å². The van der Waals surface area contributed by atoms with Gasteiger partial charge in [0, 0.05) is 17.4 Å². The minimum absolute atomic E-state index is 0.182. The lowest BCUT2D eigenvalue weighted by molar-refractivity contribution is 0.223. The van der Waals surface area contributed by atoms with Gasteiger partial charge in [0.25, 0.3) is 0 Å². The van der Waals surface area contributed by atoms with Gasteiger partial charge >= 0.3 is 0 Å². The molecule has 2 aliphatic carbocycles. The van der Waals surface area contributed by atoms with Crippen molar-refractivity contribution in [1.82, 2.24) is 4.90 Å². The second kappa shape index (κ2) is 3.95. The molecule has 0 N–H and O–H groups in total. The molecule has 102 valence electrons. The largest absolute Gasteiger partial charge is 0.305 e. The van der Waals surface area contributed by atoms with Crippen molar-refractivity contribution in [2.75, 3.05) is 14.1 Å². The van der Waals surface area contributed by atoms with Gasteiger partial charge in [0.15, 0.2) is 0 Å². The molecule has 0 saturated carbocycles. The molecular formula is C19H21N. The van der Waals surface area contributed by atoms with Crippen LogP contribution in [-0.2, 0) is 5.41 Å². The Bertz CT molecular complexity index is 623. The SMILES string of the molecule is CC(N(C)C)C12CC(c3ccccc31)c1ccccc12. The molecule has 0 aliphatic heterocycles. The Hall–Kier alpha value is -1.60. The van der Waals surface area contributed by atoms with Gasteiger partial charge in [-0.1, -0.05) is 48.5 Å². The van der Waals surface area contributed by atoms with Crippen molar-refractivity contribution in [1.29, 1.82) is 0 Å². The van der Waals surface area contributed by atoms with Crippen molar-refractivity contribution >= 4 is 0 Å². The molecule has 20 heavy (non-hydrogen) atoms. The number of fused-ring (bicyclic) bond motifs is 8. The zero-order valence-corrected chi connectivity index (χ0v) is 12.4. The van der Waals surface area contributed by atoms with Crippen molar-refractivity contribution in [2.45, 2.75) is 30.7 Å². The van der Waals surface area contributed by atoms with Gasteiger partial charge in [-0.25, -0.2) is 0 Å². The van der Waals surface area contributed by atoms with Gasteiger partial charge in [0.1, 0.15) is 0 Å². The van der Waals surface area contributed by atoms with Gasteiger partial charge < -0.3 is 4.90 Å². The van der Waals surface area contributed by atoms with Gasteiger partial charge in [-0.05, 0) is 49.7 Å². The third kappa shape index (κ3) is 1.27. The normalized spacial score (nSPS) is 27.5. The molecule has 1 nitrogen and oxygen atoms in total. The fourth-order valence-corrected chi connectivity index (χ4v) is 4.55. The maximum absolute atomic E-state index is 2.38. The van der Waals surface area contributed by atoms with E-state index in [1.165, 1.54) is 6.42 Å². The lowest BCUT2D eigenvalue weighted by atomic mass is 9.70. The third-order valence-electron chi connectivity index (χ3n) is 5.65. The highest BCUT2D eigenvalue weighted by atomic mass is 15.1. The van der Waals surface area contributed by atoms with E-state index < -0.39 is 0 Å². The van der Waals surface area contributed by atoms with E-state index in [9.17, 15) is 0 Å². The summed E-state index contributed by atoms with van der Waals surface area (Å²) in [5.41, 5.74) is 6.41. The smallest absolute Gasteiger partial charge is 0.0370 e. The van der Waals surface area contributed by atoms with Crippen LogP contribution >= 0.6 is 0 Å². The summed E-state index contributed by atoms with van der Waals surface area (Å²) in [5, 5.41) is 0. The third-order valence-corrected chi connectivity index (χ3v) is 5.65. The van der Waals surface area contributed by atoms with Crippen LogP contribution in [0.2, 0.25) is 0 Å². The van der Waals surface area contributed by atoms with E-state index in [1.54, 1.807) is 22.3 Å². The van der Waals surface area contributed by atoms with Crippen LogP contribution < -0.4 is 0 Å². The molecule has 2 aromatic carbocycles. The molecule has 1 heteroatoms. The molecule has 0 aromatic heterocycles. The summed E-state index contributed by atoms with van der Waals surface area (Å²) in [6.07, 6.45) is 1.24. The summed E-state index contributed by atoms with van der Waals surface area (Å²) in [5.74, 6) is 0.602. The lowest BCUT2D eigenvalue weighted by Gasteiger charge is -2.40. The second-order valence-electron chi connectivity index (χ2n) is 6.54. The molecule has 2 aliphatic rings. The van der Waals surface area contributed by atoms with E-state index in [0.29, 0.717) is 12.0 Å². The molecule has 0 spiro atoms. The molecule has 2 bridgehead atoms. The average molecular weight is 263 g/mol. The molecule has 4 rings (SSSR count). The molecule has 1 atom stereocenters. The van der Waals surface area contributed by atoms with Crippen molar-refractivity contribution < 1.29 is 0 Å². The highest BCUT2D eigenvalue weighted by Gasteiger charge is 2.55. The first kappa shape index (κ1) is 12.2. The fraction of sp³-hybridized carbons (Fsp3) is 0.368. The average Bonchev–Trinajstić information content (AvgIpc) is 3.00. The Balaban J connectivity index is 2.03. The fourth-order valence-electron chi connectivity index (χ4n) is 4.55. The quantitative estimate of drug-likeness (QED) is 0.797. The standard InChI is InChI=1S/C19H21N/c1-13(20(2)3)19-12-16(14-8-4-6-10-17(14)19)15-9-5-7-11-18(15)19/h4-11,13,16H,12H2,1-3H3. The van der Waals surface area contributed by atoms with Crippen LogP contribution in [0.25, 0.3) is 0 Å². The molecule has 0 amide bonds. The summed E-state index contributed by atoms with van der Waals surface area (Å²) in [4.78, 5) is 2.38. The van der Waals surface area contributed by atoms with Crippen molar-refractivity contribution in [3.63, 3.8) is 0 Å². The predicted molar refractivity (Wildman–Crippen MR) is 83.3 cm³/mol. The lowest BCUT2D eigenvalue weighted by Crippen LogP contribution is -2.44. The topological polar surface area (TPSA) is 3.24 Å². The Morgan fingerprint density at radius 2 is 1.45 bits per heavy atom. The zero-order chi connectivity index (χ0) is 13.9. The Morgan fingerprint density at radius 1 is 0.950 bits per heavy atom. The Morgan fingerprint density at radius 3 is 1.95 bits per heavy atom. The number of nitrogens with zero attached hydrogens (tertiary/aromatic N) is 1. The summed E-state index contributed by atoms with van der Waals surface area (Å²) in [7, 11) is 4.41. The number of benzene rings is 2. The van der Waals surface area contributed by atoms with Crippen LogP contribution in [0.4, 0.5) is 0 Å². The summed E-state index contributed by atoms with van der Waals surface area (Å²) in [6.45, 7) is 2.38. The molecule has 0 fully saturated rings. The van der Waals surface area contributed by atoms with E-state index in [0.717, 1.165) is 0 Å². The van der Waals surface area contributed by atoms with Gasteiger partial charge in [-0.3, -0.25) is 0 Å². The Labute approximate surface area is 121 Å². The summed E-state index contributed by atoms with van der Waals surface area (Å²) in [6, 6.07) is 18.7. The van der Waals surface area contributed by atoms with Crippen molar-refractivity contribution in [3.8, 4) is 0 Å². The molecule has 0 saturated heterocycles. The Kier molecular flexibility index (Phi) is 2.41. The summed E-state index contributed by atoms with van der Waals surface area (Å²) >= 11 is 0. The minimum atomic E-state index is 0.182. The minimum Gasteiger partial charge on any atom is -0.305 e. The predicted octanol–water partition coefficient (Wildman–Crippen LogP) is 3.77. The summed E-state index contributed by atoms with van der Waals surface area (Å²) < 4.78 is 0. The van der Waals surface area contributed by atoms with E-state index in [4.69, 9.17) is 0 Å². The highest BCUT2D eigenvalue weighted by Crippen LogP contribution is 2.61. The van der Waals surface area contributed by atoms with E-state index in [2.05, 4.69) is 74.4 Å². The molecular weight excluding hydrogens is 242 g/mol. The maximum Gasteiger partial charge on any atom is 0.0370 e. The van der Waals surface area contributed by atoms with Gasteiger partial charge in [-0.2, -0.15) is 0 Å². The maximum atomic E-state index is 2.38. The van der Waals surface area contributed by atoms with Crippen LogP contribution in [0.1, 0.15) is 41.5 Å². The monoisotopic (exact) mass is 263 g/mol. The number of rotatable bonds is 2.